The molecule has 6 nitrogen and oxygen atoms in total. The Labute approximate surface area is 157 Å². The van der Waals surface area contributed by atoms with Crippen LogP contribution in [0.15, 0.2) is 29.2 Å². The van der Waals surface area contributed by atoms with Gasteiger partial charge in [-0.3, -0.25) is 4.79 Å². The molecule has 0 bridgehead atoms. The van der Waals surface area contributed by atoms with Crippen molar-refractivity contribution in [2.75, 3.05) is 14.2 Å². The molecule has 2 N–H and O–H groups in total. The van der Waals surface area contributed by atoms with E-state index in [9.17, 15) is 13.2 Å². The average molecular weight is 383 g/mol. The number of nitrogens with one attached hydrogen (secondary N) is 2. The van der Waals surface area contributed by atoms with Crippen molar-refractivity contribution >= 4 is 22.0 Å². The number of rotatable bonds is 10. The number of ether oxygens (including phenoxy) is 1. The Morgan fingerprint density at radius 2 is 1.92 bits per heavy atom. The molecule has 0 aliphatic heterocycles. The van der Waals surface area contributed by atoms with Crippen LogP contribution in [0.2, 0.25) is 0 Å². The summed E-state index contributed by atoms with van der Waals surface area (Å²) in [6.07, 6.45) is 6.16. The fraction of sp³-hybridized carbons (Fsp3) is 0.526. The Kier molecular flexibility index (Phi) is 8.81. The number of hydrogen-bond acceptors (Lipinski definition) is 4. The standard InChI is InChI=1S/C19H30N2O4S/c1-14(2)7-6-8-15(3)21-19(22)12-10-16-9-11-17(25-5)18(13-16)26(23,24)20-4/h9-15,20H,6-8H2,1-5H3,(H,21,22)/b12-10+. The van der Waals surface area contributed by atoms with Crippen molar-refractivity contribution in [3.05, 3.63) is 29.8 Å². The highest BCUT2D eigenvalue weighted by Gasteiger charge is 2.17. The van der Waals surface area contributed by atoms with E-state index in [-0.39, 0.29) is 22.6 Å². The predicted octanol–water partition coefficient (Wildman–Crippen LogP) is 2.95. The van der Waals surface area contributed by atoms with Gasteiger partial charge in [0.2, 0.25) is 15.9 Å². The smallest absolute Gasteiger partial charge is 0.244 e. The third kappa shape index (κ3) is 7.17. The highest BCUT2D eigenvalue weighted by atomic mass is 32.2. The van der Waals surface area contributed by atoms with E-state index in [0.29, 0.717) is 11.5 Å². The zero-order chi connectivity index (χ0) is 19.7. The van der Waals surface area contributed by atoms with Gasteiger partial charge in [0.05, 0.1) is 7.11 Å². The van der Waals surface area contributed by atoms with Crippen LogP contribution in [0.5, 0.6) is 5.75 Å². The molecule has 0 fully saturated rings. The molecular formula is C19H30N2O4S. The van der Waals surface area contributed by atoms with Gasteiger partial charge in [0.15, 0.2) is 0 Å². The minimum absolute atomic E-state index is 0.0344. The van der Waals surface area contributed by atoms with Gasteiger partial charge in [-0.05, 0) is 50.1 Å². The van der Waals surface area contributed by atoms with Gasteiger partial charge < -0.3 is 10.1 Å². The molecule has 0 saturated heterocycles. The van der Waals surface area contributed by atoms with Gasteiger partial charge in [-0.1, -0.05) is 32.8 Å². The van der Waals surface area contributed by atoms with Crippen LogP contribution in [0.4, 0.5) is 0 Å². The SMILES string of the molecule is CNS(=O)(=O)c1cc(/C=C/C(=O)NC(C)CCCC(C)C)ccc1OC. The summed E-state index contributed by atoms with van der Waals surface area (Å²) in [6, 6.07) is 4.84. The molecule has 1 aromatic rings. The van der Waals surface area contributed by atoms with E-state index in [1.165, 1.54) is 26.3 Å². The molecule has 0 aliphatic rings. The molecular weight excluding hydrogens is 352 g/mol. The summed E-state index contributed by atoms with van der Waals surface area (Å²) < 4.78 is 31.5. The maximum atomic E-state index is 12.1. The molecule has 0 aliphatic carbocycles. The molecule has 7 heteroatoms. The zero-order valence-electron chi connectivity index (χ0n) is 16.2. The lowest BCUT2D eigenvalue weighted by atomic mass is 10.0. The van der Waals surface area contributed by atoms with Gasteiger partial charge in [-0.2, -0.15) is 0 Å². The Morgan fingerprint density at radius 1 is 1.23 bits per heavy atom. The van der Waals surface area contributed by atoms with Crippen molar-refractivity contribution in [1.29, 1.82) is 0 Å². The van der Waals surface area contributed by atoms with E-state index in [2.05, 4.69) is 23.9 Å². The van der Waals surface area contributed by atoms with Crippen LogP contribution in [-0.4, -0.2) is 34.5 Å². The van der Waals surface area contributed by atoms with Crippen LogP contribution in [0, 0.1) is 5.92 Å². The first-order chi connectivity index (χ1) is 12.2. The highest BCUT2D eigenvalue weighted by molar-refractivity contribution is 7.89. The van der Waals surface area contributed by atoms with Crippen molar-refractivity contribution in [2.24, 2.45) is 5.92 Å². The minimum atomic E-state index is -3.65. The van der Waals surface area contributed by atoms with Gasteiger partial charge in [0.1, 0.15) is 10.6 Å². The van der Waals surface area contributed by atoms with E-state index in [4.69, 9.17) is 4.74 Å². The molecule has 1 amide bonds. The van der Waals surface area contributed by atoms with Gasteiger partial charge in [0.25, 0.3) is 0 Å². The maximum Gasteiger partial charge on any atom is 0.244 e. The fourth-order valence-electron chi connectivity index (χ4n) is 2.48. The number of hydrogen-bond donors (Lipinski definition) is 2. The second kappa shape index (κ2) is 10.3. The molecule has 146 valence electrons. The number of sulfonamides is 1. The lowest BCUT2D eigenvalue weighted by Crippen LogP contribution is -2.31. The van der Waals surface area contributed by atoms with Crippen molar-refractivity contribution in [3.8, 4) is 5.75 Å². The second-order valence-corrected chi connectivity index (χ2v) is 8.54. The molecule has 1 unspecified atom stereocenters. The quantitative estimate of drug-likeness (QED) is 0.609. The molecule has 0 saturated carbocycles. The number of carbonyl (C=O) groups excluding carboxylic acids is 1. The van der Waals surface area contributed by atoms with Crippen LogP contribution in [-0.2, 0) is 14.8 Å². The molecule has 0 radical (unpaired) electrons. The first kappa shape index (κ1) is 22.2. The van der Waals surface area contributed by atoms with Crippen molar-refractivity contribution in [2.45, 2.75) is 51.0 Å². The van der Waals surface area contributed by atoms with Crippen molar-refractivity contribution in [3.63, 3.8) is 0 Å². The minimum Gasteiger partial charge on any atom is -0.495 e. The molecule has 0 heterocycles. The van der Waals surface area contributed by atoms with Crippen molar-refractivity contribution < 1.29 is 17.9 Å². The van der Waals surface area contributed by atoms with Crippen LogP contribution < -0.4 is 14.8 Å². The first-order valence-corrected chi connectivity index (χ1v) is 10.3. The normalized spacial score (nSPS) is 13.2. The van der Waals surface area contributed by atoms with Crippen LogP contribution >= 0.6 is 0 Å². The summed E-state index contributed by atoms with van der Waals surface area (Å²) in [4.78, 5) is 12.1. The van der Waals surface area contributed by atoms with Gasteiger partial charge in [-0.25, -0.2) is 13.1 Å². The Balaban J connectivity index is 2.76. The third-order valence-electron chi connectivity index (χ3n) is 3.98. The number of amides is 1. The Hall–Kier alpha value is -1.86. The van der Waals surface area contributed by atoms with E-state index in [0.717, 1.165) is 19.3 Å². The lowest BCUT2D eigenvalue weighted by molar-refractivity contribution is -0.117. The number of carbonyl (C=O) groups is 1. The second-order valence-electron chi connectivity index (χ2n) is 6.69. The summed E-state index contributed by atoms with van der Waals surface area (Å²) in [5.41, 5.74) is 0.599. The third-order valence-corrected chi connectivity index (χ3v) is 5.42. The number of methoxy groups -OCH3 is 1. The largest absolute Gasteiger partial charge is 0.495 e. The van der Waals surface area contributed by atoms with E-state index in [1.54, 1.807) is 18.2 Å². The van der Waals surface area contributed by atoms with Crippen LogP contribution in [0.25, 0.3) is 6.08 Å². The zero-order valence-corrected chi connectivity index (χ0v) is 17.0. The summed E-state index contributed by atoms with van der Waals surface area (Å²) in [5, 5.41) is 2.92. The first-order valence-electron chi connectivity index (χ1n) is 8.79. The maximum absolute atomic E-state index is 12.1. The fourth-order valence-corrected chi connectivity index (χ4v) is 3.41. The van der Waals surface area contributed by atoms with Crippen LogP contribution in [0.1, 0.15) is 45.6 Å². The van der Waals surface area contributed by atoms with E-state index < -0.39 is 10.0 Å². The molecule has 0 spiro atoms. The summed E-state index contributed by atoms with van der Waals surface area (Å²) >= 11 is 0. The topological polar surface area (TPSA) is 84.5 Å². The van der Waals surface area contributed by atoms with E-state index >= 15 is 0 Å². The summed E-state index contributed by atoms with van der Waals surface area (Å²) in [7, 11) is -0.899. The van der Waals surface area contributed by atoms with Crippen molar-refractivity contribution in [1.82, 2.24) is 10.0 Å². The van der Waals surface area contributed by atoms with Crippen LogP contribution in [0.3, 0.4) is 0 Å². The highest BCUT2D eigenvalue weighted by Crippen LogP contribution is 2.25. The van der Waals surface area contributed by atoms with E-state index in [1.807, 2.05) is 6.92 Å². The predicted molar refractivity (Wildman–Crippen MR) is 105 cm³/mol. The average Bonchev–Trinajstić information content (AvgIpc) is 2.59. The Morgan fingerprint density at radius 3 is 2.50 bits per heavy atom. The van der Waals surface area contributed by atoms with Gasteiger partial charge >= 0.3 is 0 Å². The molecule has 1 aromatic carbocycles. The molecule has 1 rings (SSSR count). The summed E-state index contributed by atoms with van der Waals surface area (Å²) in [6.45, 7) is 6.35. The molecule has 1 atom stereocenters. The lowest BCUT2D eigenvalue weighted by Gasteiger charge is -2.13. The molecule has 0 aromatic heterocycles. The number of benzene rings is 1. The van der Waals surface area contributed by atoms with Gasteiger partial charge in [0, 0.05) is 12.1 Å². The summed E-state index contributed by atoms with van der Waals surface area (Å²) in [5.74, 6) is 0.714. The monoisotopic (exact) mass is 382 g/mol. The molecule has 26 heavy (non-hydrogen) atoms. The Bertz CT molecular complexity index is 727. The van der Waals surface area contributed by atoms with Gasteiger partial charge in [-0.15, -0.1) is 0 Å².